The number of esters is 2. The van der Waals surface area contributed by atoms with Crippen molar-refractivity contribution in [1.29, 1.82) is 0 Å². The third-order valence-corrected chi connectivity index (χ3v) is 7.57. The lowest BCUT2D eigenvalue weighted by Crippen LogP contribution is -2.22. The average molecular weight is 525 g/mol. The largest absolute Gasteiger partial charge is 0.462 e. The zero-order valence-corrected chi connectivity index (χ0v) is 24.2. The Balaban J connectivity index is 1.29. The molecule has 2 fully saturated rings. The zero-order valence-electron chi connectivity index (χ0n) is 24.2. The lowest BCUT2D eigenvalue weighted by molar-refractivity contribution is -0.158. The smallest absolute Gasteiger partial charge is 0.306 e. The molecule has 0 aliphatic carbocycles. The quantitative estimate of drug-likeness (QED) is 0.0688. The van der Waals surface area contributed by atoms with Crippen LogP contribution in [-0.2, 0) is 28.5 Å². The van der Waals surface area contributed by atoms with E-state index in [1.807, 2.05) is 0 Å². The van der Waals surface area contributed by atoms with Gasteiger partial charge in [-0.15, -0.1) is 0 Å². The summed E-state index contributed by atoms with van der Waals surface area (Å²) in [7, 11) is 0. The van der Waals surface area contributed by atoms with Crippen molar-refractivity contribution >= 4 is 11.9 Å². The Bertz CT molecular complexity index is 609. The van der Waals surface area contributed by atoms with Crippen LogP contribution in [-0.4, -0.2) is 49.1 Å². The number of ether oxygens (including phenoxy) is 4. The standard InChI is InChI=1S/C31H56O6/c1-4-18-26-28(36-26)20-14-10-6-8-12-16-22-30(32)34-24-25(3)35-31(33)23-17-13-9-7-11-15-21-29-27(37-29)19-5-2/h25-29H,4-24H2,1-3H3. The minimum atomic E-state index is -0.384. The Morgan fingerprint density at radius 2 is 1.00 bits per heavy atom. The molecular formula is C31H56O6. The highest BCUT2D eigenvalue weighted by molar-refractivity contribution is 5.70. The molecule has 0 amide bonds. The molecule has 2 rings (SSSR count). The van der Waals surface area contributed by atoms with Gasteiger partial charge < -0.3 is 18.9 Å². The fourth-order valence-corrected chi connectivity index (χ4v) is 5.19. The van der Waals surface area contributed by atoms with Gasteiger partial charge in [-0.25, -0.2) is 0 Å². The maximum Gasteiger partial charge on any atom is 0.306 e. The second-order valence-corrected chi connectivity index (χ2v) is 11.3. The molecule has 0 aromatic heterocycles. The fraction of sp³-hybridized carbons (Fsp3) is 0.935. The molecule has 0 aromatic carbocycles. The van der Waals surface area contributed by atoms with Crippen molar-refractivity contribution < 1.29 is 28.5 Å². The van der Waals surface area contributed by atoms with Crippen molar-refractivity contribution in [3.8, 4) is 0 Å². The van der Waals surface area contributed by atoms with Crippen molar-refractivity contribution in [2.75, 3.05) is 6.61 Å². The summed E-state index contributed by atoms with van der Waals surface area (Å²) in [4.78, 5) is 24.0. The highest BCUT2D eigenvalue weighted by Crippen LogP contribution is 2.31. The Labute approximate surface area is 226 Å². The Morgan fingerprint density at radius 1 is 0.595 bits per heavy atom. The summed E-state index contributed by atoms with van der Waals surface area (Å²) in [6, 6.07) is 0. The Morgan fingerprint density at radius 3 is 1.49 bits per heavy atom. The molecule has 216 valence electrons. The predicted octanol–water partition coefficient (Wildman–Crippen LogP) is 7.84. The summed E-state index contributed by atoms with van der Waals surface area (Å²) in [6.45, 7) is 6.36. The van der Waals surface area contributed by atoms with Gasteiger partial charge in [0, 0.05) is 12.8 Å². The van der Waals surface area contributed by atoms with Gasteiger partial charge in [0.15, 0.2) is 0 Å². The lowest BCUT2D eigenvalue weighted by Gasteiger charge is -2.13. The molecule has 0 aromatic rings. The number of epoxide rings is 2. The molecule has 0 bridgehead atoms. The molecule has 5 atom stereocenters. The number of hydrogen-bond donors (Lipinski definition) is 0. The Kier molecular flexibility index (Phi) is 17.2. The minimum Gasteiger partial charge on any atom is -0.462 e. The van der Waals surface area contributed by atoms with E-state index in [9.17, 15) is 9.59 Å². The van der Waals surface area contributed by atoms with Gasteiger partial charge in [0.25, 0.3) is 0 Å². The predicted molar refractivity (Wildman–Crippen MR) is 148 cm³/mol. The van der Waals surface area contributed by atoms with Crippen molar-refractivity contribution in [1.82, 2.24) is 0 Å². The van der Waals surface area contributed by atoms with Crippen molar-refractivity contribution in [2.45, 2.75) is 180 Å². The summed E-state index contributed by atoms with van der Waals surface area (Å²) in [5.74, 6) is -0.379. The van der Waals surface area contributed by atoms with E-state index in [0.29, 0.717) is 37.3 Å². The van der Waals surface area contributed by atoms with Crippen LogP contribution in [0.3, 0.4) is 0 Å². The molecule has 6 nitrogen and oxygen atoms in total. The second-order valence-electron chi connectivity index (χ2n) is 11.3. The normalized spacial score (nSPS) is 23.0. The zero-order chi connectivity index (χ0) is 26.7. The summed E-state index contributed by atoms with van der Waals surface area (Å²) >= 11 is 0. The van der Waals surface area contributed by atoms with Gasteiger partial charge in [-0.3, -0.25) is 9.59 Å². The van der Waals surface area contributed by atoms with Gasteiger partial charge in [0.1, 0.15) is 12.7 Å². The molecule has 0 radical (unpaired) electrons. The third kappa shape index (κ3) is 16.4. The highest BCUT2D eigenvalue weighted by atomic mass is 16.6. The van der Waals surface area contributed by atoms with Crippen LogP contribution < -0.4 is 0 Å². The first-order valence-electron chi connectivity index (χ1n) is 15.7. The van der Waals surface area contributed by atoms with Gasteiger partial charge in [0.05, 0.1) is 24.4 Å². The van der Waals surface area contributed by atoms with Crippen LogP contribution in [0.15, 0.2) is 0 Å². The molecule has 0 saturated carbocycles. The van der Waals surface area contributed by atoms with E-state index in [1.165, 1.54) is 89.9 Å². The number of unbranched alkanes of at least 4 members (excludes halogenated alkanes) is 10. The van der Waals surface area contributed by atoms with Crippen LogP contribution in [0.25, 0.3) is 0 Å². The van der Waals surface area contributed by atoms with Crippen LogP contribution in [0.4, 0.5) is 0 Å². The van der Waals surface area contributed by atoms with E-state index in [0.717, 1.165) is 25.7 Å². The van der Waals surface area contributed by atoms with Crippen LogP contribution >= 0.6 is 0 Å². The van der Waals surface area contributed by atoms with Gasteiger partial charge in [-0.2, -0.15) is 0 Å². The van der Waals surface area contributed by atoms with Gasteiger partial charge in [-0.05, 0) is 45.4 Å². The molecule has 2 heterocycles. The summed E-state index contributed by atoms with van der Waals surface area (Å²) in [6.07, 6.45) is 23.5. The maximum atomic E-state index is 12.0. The van der Waals surface area contributed by atoms with Crippen LogP contribution in [0.5, 0.6) is 0 Å². The van der Waals surface area contributed by atoms with E-state index in [1.54, 1.807) is 6.92 Å². The molecule has 2 aliphatic rings. The SMILES string of the molecule is CCCC1OC1CCCCCCCCC(=O)OCC(C)OC(=O)CCCCCCCCC1OC1CCC. The first-order valence-corrected chi connectivity index (χ1v) is 15.7. The van der Waals surface area contributed by atoms with Gasteiger partial charge in [0.2, 0.25) is 0 Å². The van der Waals surface area contributed by atoms with Gasteiger partial charge in [-0.1, -0.05) is 90.9 Å². The molecule has 6 heteroatoms. The van der Waals surface area contributed by atoms with Crippen LogP contribution in [0, 0.1) is 0 Å². The molecular weight excluding hydrogens is 468 g/mol. The number of carbonyl (C=O) groups excluding carboxylic acids is 2. The molecule has 37 heavy (non-hydrogen) atoms. The first kappa shape index (κ1) is 32.1. The van der Waals surface area contributed by atoms with Crippen molar-refractivity contribution in [3.63, 3.8) is 0 Å². The average Bonchev–Trinajstić information content (AvgIpc) is 3.79. The van der Waals surface area contributed by atoms with E-state index >= 15 is 0 Å². The monoisotopic (exact) mass is 524 g/mol. The molecule has 5 unspecified atom stereocenters. The number of carbonyl (C=O) groups is 2. The summed E-state index contributed by atoms with van der Waals surface area (Å²) < 4.78 is 22.0. The van der Waals surface area contributed by atoms with E-state index in [-0.39, 0.29) is 24.6 Å². The van der Waals surface area contributed by atoms with Crippen LogP contribution in [0.1, 0.15) is 149 Å². The summed E-state index contributed by atoms with van der Waals surface area (Å²) in [5.41, 5.74) is 0. The van der Waals surface area contributed by atoms with Crippen molar-refractivity contribution in [2.24, 2.45) is 0 Å². The van der Waals surface area contributed by atoms with E-state index < -0.39 is 0 Å². The van der Waals surface area contributed by atoms with Gasteiger partial charge >= 0.3 is 11.9 Å². The highest BCUT2D eigenvalue weighted by Gasteiger charge is 2.37. The van der Waals surface area contributed by atoms with E-state index in [2.05, 4.69) is 13.8 Å². The van der Waals surface area contributed by atoms with E-state index in [4.69, 9.17) is 18.9 Å². The molecule has 2 saturated heterocycles. The molecule has 0 N–H and O–H groups in total. The Hall–Kier alpha value is -1.14. The minimum absolute atomic E-state index is 0.149. The second kappa shape index (κ2) is 19.9. The maximum absolute atomic E-state index is 12.0. The molecule has 0 spiro atoms. The van der Waals surface area contributed by atoms with Crippen molar-refractivity contribution in [3.05, 3.63) is 0 Å². The van der Waals surface area contributed by atoms with Crippen LogP contribution in [0.2, 0.25) is 0 Å². The first-order chi connectivity index (χ1) is 18.0. The molecule has 2 aliphatic heterocycles. The topological polar surface area (TPSA) is 77.7 Å². The number of rotatable bonds is 25. The third-order valence-electron chi connectivity index (χ3n) is 7.57. The fourth-order valence-electron chi connectivity index (χ4n) is 5.19. The number of hydrogen-bond acceptors (Lipinski definition) is 6. The summed E-state index contributed by atoms with van der Waals surface area (Å²) in [5, 5.41) is 0. The lowest BCUT2D eigenvalue weighted by atomic mass is 10.1.